The highest BCUT2D eigenvalue weighted by atomic mass is 16.2. The van der Waals surface area contributed by atoms with Gasteiger partial charge in [0, 0.05) is 23.8 Å². The van der Waals surface area contributed by atoms with Gasteiger partial charge in [0.05, 0.1) is 0 Å². The van der Waals surface area contributed by atoms with Crippen LogP contribution in [0, 0.1) is 19.8 Å². The first-order valence-electron chi connectivity index (χ1n) is 7.09. The number of benzene rings is 1. The molecule has 1 aromatic rings. The fourth-order valence-corrected chi connectivity index (χ4v) is 2.88. The first-order valence-corrected chi connectivity index (χ1v) is 7.09. The van der Waals surface area contributed by atoms with Crippen LogP contribution in [0.1, 0.15) is 48.2 Å². The molecule has 0 radical (unpaired) electrons. The summed E-state index contributed by atoms with van der Waals surface area (Å²) in [7, 11) is 0. The molecule has 1 amide bonds. The minimum absolute atomic E-state index is 0.128. The average Bonchev–Trinajstić information content (AvgIpc) is 2.36. The minimum Gasteiger partial charge on any atom is -0.398 e. The number of likely N-dealkylation sites (tertiary alicyclic amines) is 1. The quantitative estimate of drug-likeness (QED) is 0.788. The van der Waals surface area contributed by atoms with E-state index < -0.39 is 0 Å². The topological polar surface area (TPSA) is 46.3 Å². The van der Waals surface area contributed by atoms with Crippen molar-refractivity contribution < 1.29 is 4.79 Å². The first kappa shape index (κ1) is 13.9. The van der Waals surface area contributed by atoms with Crippen molar-refractivity contribution in [1.29, 1.82) is 0 Å². The van der Waals surface area contributed by atoms with Gasteiger partial charge in [-0.2, -0.15) is 0 Å². The van der Waals surface area contributed by atoms with E-state index in [1.807, 2.05) is 30.9 Å². The molecule has 1 aromatic carbocycles. The number of rotatable bonds is 1. The van der Waals surface area contributed by atoms with Gasteiger partial charge in [0.1, 0.15) is 0 Å². The van der Waals surface area contributed by atoms with Crippen molar-refractivity contribution in [2.24, 2.45) is 5.92 Å². The lowest BCUT2D eigenvalue weighted by atomic mass is 9.91. The van der Waals surface area contributed by atoms with Gasteiger partial charge in [0.25, 0.3) is 5.91 Å². The van der Waals surface area contributed by atoms with Crippen molar-refractivity contribution >= 4 is 11.6 Å². The molecule has 0 bridgehead atoms. The number of nitrogens with zero attached hydrogens (tertiary/aromatic N) is 1. The van der Waals surface area contributed by atoms with Gasteiger partial charge < -0.3 is 10.6 Å². The molecule has 1 aliphatic rings. The maximum Gasteiger partial charge on any atom is 0.254 e. The van der Waals surface area contributed by atoms with Crippen LogP contribution in [-0.4, -0.2) is 23.4 Å². The summed E-state index contributed by atoms with van der Waals surface area (Å²) in [4.78, 5) is 14.7. The molecule has 0 aliphatic carbocycles. The number of hydrogen-bond donors (Lipinski definition) is 1. The molecule has 1 fully saturated rings. The predicted molar refractivity (Wildman–Crippen MR) is 79.2 cm³/mol. The van der Waals surface area contributed by atoms with Crippen LogP contribution in [0.2, 0.25) is 0 Å². The maximum absolute atomic E-state index is 12.7. The largest absolute Gasteiger partial charge is 0.398 e. The molecule has 1 heterocycles. The highest BCUT2D eigenvalue weighted by Gasteiger charge is 2.29. The SMILES string of the molecule is Cc1cc(C)c(C(=O)N2CCCC(C)C2C)cc1N. The van der Waals surface area contributed by atoms with E-state index in [0.717, 1.165) is 29.7 Å². The fraction of sp³-hybridized carbons (Fsp3) is 0.562. The van der Waals surface area contributed by atoms with E-state index in [9.17, 15) is 4.79 Å². The molecule has 0 aromatic heterocycles. The van der Waals surface area contributed by atoms with Crippen LogP contribution in [0.3, 0.4) is 0 Å². The predicted octanol–water partition coefficient (Wildman–Crippen LogP) is 3.15. The molecule has 2 unspecified atom stereocenters. The number of nitrogens with two attached hydrogens (primary N) is 1. The molecule has 19 heavy (non-hydrogen) atoms. The third-order valence-corrected chi connectivity index (χ3v) is 4.48. The van der Waals surface area contributed by atoms with E-state index in [1.165, 1.54) is 6.42 Å². The van der Waals surface area contributed by atoms with E-state index in [2.05, 4.69) is 13.8 Å². The Morgan fingerprint density at radius 3 is 2.63 bits per heavy atom. The van der Waals surface area contributed by atoms with Crippen molar-refractivity contribution in [2.45, 2.75) is 46.6 Å². The lowest BCUT2D eigenvalue weighted by molar-refractivity contribution is 0.0550. The lowest BCUT2D eigenvalue weighted by Gasteiger charge is -2.38. The summed E-state index contributed by atoms with van der Waals surface area (Å²) in [5, 5.41) is 0. The molecule has 3 heteroatoms. The Morgan fingerprint density at radius 2 is 1.95 bits per heavy atom. The van der Waals surface area contributed by atoms with Gasteiger partial charge in [0.15, 0.2) is 0 Å². The standard InChI is InChI=1S/C16H24N2O/c1-10-6-5-7-18(13(10)4)16(19)14-9-15(17)12(3)8-11(14)2/h8-10,13H,5-7,17H2,1-4H3. The van der Waals surface area contributed by atoms with E-state index >= 15 is 0 Å². The highest BCUT2D eigenvalue weighted by Crippen LogP contribution is 2.26. The Hall–Kier alpha value is -1.51. The van der Waals surface area contributed by atoms with Crippen LogP contribution in [0.25, 0.3) is 0 Å². The van der Waals surface area contributed by atoms with Crippen LogP contribution in [0.5, 0.6) is 0 Å². The average molecular weight is 260 g/mol. The summed E-state index contributed by atoms with van der Waals surface area (Å²) in [6.07, 6.45) is 2.30. The molecular formula is C16H24N2O. The normalized spacial score (nSPS) is 23.5. The Kier molecular flexibility index (Phi) is 3.83. The van der Waals surface area contributed by atoms with E-state index in [-0.39, 0.29) is 5.91 Å². The van der Waals surface area contributed by atoms with Crippen LogP contribution in [-0.2, 0) is 0 Å². The summed E-state index contributed by atoms with van der Waals surface area (Å²) >= 11 is 0. The van der Waals surface area contributed by atoms with Gasteiger partial charge in [-0.3, -0.25) is 4.79 Å². The molecule has 104 valence electrons. The Labute approximate surface area is 115 Å². The van der Waals surface area contributed by atoms with Crippen LogP contribution in [0.4, 0.5) is 5.69 Å². The number of carbonyl (C=O) groups excluding carboxylic acids is 1. The third-order valence-electron chi connectivity index (χ3n) is 4.48. The molecule has 1 aliphatic heterocycles. The minimum atomic E-state index is 0.128. The summed E-state index contributed by atoms with van der Waals surface area (Å²) in [6, 6.07) is 4.14. The molecular weight excluding hydrogens is 236 g/mol. The number of carbonyl (C=O) groups is 1. The van der Waals surface area contributed by atoms with E-state index in [4.69, 9.17) is 5.73 Å². The summed E-state index contributed by atoms with van der Waals surface area (Å²) in [6.45, 7) is 9.19. The molecule has 2 atom stereocenters. The third kappa shape index (κ3) is 2.60. The van der Waals surface area contributed by atoms with Crippen molar-refractivity contribution in [3.63, 3.8) is 0 Å². The van der Waals surface area contributed by atoms with Gasteiger partial charge in [-0.15, -0.1) is 0 Å². The zero-order valence-electron chi connectivity index (χ0n) is 12.4. The first-order chi connectivity index (χ1) is 8.91. The maximum atomic E-state index is 12.7. The number of nitrogen functional groups attached to an aromatic ring is 1. The second kappa shape index (κ2) is 5.24. The molecule has 1 saturated heterocycles. The van der Waals surface area contributed by atoms with Crippen LogP contribution in [0.15, 0.2) is 12.1 Å². The summed E-state index contributed by atoms with van der Waals surface area (Å²) < 4.78 is 0. The van der Waals surface area contributed by atoms with Gasteiger partial charge in [0.2, 0.25) is 0 Å². The number of amides is 1. The highest BCUT2D eigenvalue weighted by molar-refractivity contribution is 5.97. The van der Waals surface area contributed by atoms with Crippen molar-refractivity contribution in [2.75, 3.05) is 12.3 Å². The van der Waals surface area contributed by atoms with Gasteiger partial charge >= 0.3 is 0 Å². The Bertz CT molecular complexity index is 496. The molecule has 3 nitrogen and oxygen atoms in total. The lowest BCUT2D eigenvalue weighted by Crippen LogP contribution is -2.46. The van der Waals surface area contributed by atoms with E-state index in [0.29, 0.717) is 17.6 Å². The smallest absolute Gasteiger partial charge is 0.254 e. The van der Waals surface area contributed by atoms with Gasteiger partial charge in [-0.05, 0) is 56.7 Å². The van der Waals surface area contributed by atoms with Crippen LogP contribution >= 0.6 is 0 Å². The monoisotopic (exact) mass is 260 g/mol. The van der Waals surface area contributed by atoms with Gasteiger partial charge in [-0.1, -0.05) is 13.0 Å². The zero-order valence-corrected chi connectivity index (χ0v) is 12.4. The van der Waals surface area contributed by atoms with Crippen molar-refractivity contribution in [1.82, 2.24) is 4.90 Å². The Morgan fingerprint density at radius 1 is 1.26 bits per heavy atom. The molecule has 2 rings (SSSR count). The molecule has 0 spiro atoms. The number of aryl methyl sites for hydroxylation is 2. The van der Waals surface area contributed by atoms with Crippen molar-refractivity contribution in [3.05, 3.63) is 28.8 Å². The Balaban J connectivity index is 2.31. The summed E-state index contributed by atoms with van der Waals surface area (Å²) in [5.74, 6) is 0.698. The van der Waals surface area contributed by atoms with Gasteiger partial charge in [-0.25, -0.2) is 0 Å². The van der Waals surface area contributed by atoms with Crippen molar-refractivity contribution in [3.8, 4) is 0 Å². The number of anilines is 1. The second-order valence-electron chi connectivity index (χ2n) is 5.88. The number of piperidine rings is 1. The second-order valence-corrected chi connectivity index (χ2v) is 5.88. The zero-order chi connectivity index (χ0) is 14.2. The van der Waals surface area contributed by atoms with E-state index in [1.54, 1.807) is 0 Å². The molecule has 0 saturated carbocycles. The molecule has 2 N–H and O–H groups in total. The number of hydrogen-bond acceptors (Lipinski definition) is 2. The summed E-state index contributed by atoms with van der Waals surface area (Å²) in [5.41, 5.74) is 9.45. The van der Waals surface area contributed by atoms with Crippen LogP contribution < -0.4 is 5.73 Å². The fourth-order valence-electron chi connectivity index (χ4n) is 2.88.